The highest BCUT2D eigenvalue weighted by molar-refractivity contribution is 5.76. The molecule has 2 rings (SSSR count). The van der Waals surface area contributed by atoms with Gasteiger partial charge in [0.1, 0.15) is 0 Å². The fourth-order valence-corrected chi connectivity index (χ4v) is 2.79. The molecule has 0 bridgehead atoms. The molecule has 0 radical (unpaired) electrons. The van der Waals surface area contributed by atoms with Crippen molar-refractivity contribution in [3.05, 3.63) is 0 Å². The Morgan fingerprint density at radius 2 is 1.94 bits per heavy atom. The minimum absolute atomic E-state index is 0.0406. The van der Waals surface area contributed by atoms with Gasteiger partial charge in [-0.1, -0.05) is 0 Å². The molecule has 96 valence electrons. The summed E-state index contributed by atoms with van der Waals surface area (Å²) in [5.41, 5.74) is 5.04. The van der Waals surface area contributed by atoms with E-state index in [0.717, 1.165) is 39.0 Å². The van der Waals surface area contributed by atoms with E-state index >= 15 is 0 Å². The molecule has 6 nitrogen and oxygen atoms in total. The number of nitrogens with zero attached hydrogens (tertiary/aromatic N) is 1. The van der Waals surface area contributed by atoms with Gasteiger partial charge in [-0.25, -0.2) is 0 Å². The van der Waals surface area contributed by atoms with Gasteiger partial charge in [0.05, 0.1) is 12.0 Å². The zero-order chi connectivity index (χ0) is 12.5. The lowest BCUT2D eigenvalue weighted by Gasteiger charge is -2.52. The summed E-state index contributed by atoms with van der Waals surface area (Å²) in [6.07, 6.45) is 1.66. The molecule has 2 aliphatic heterocycles. The number of rotatable bonds is 4. The van der Waals surface area contributed by atoms with Crippen molar-refractivity contribution < 1.29 is 14.7 Å². The molecule has 0 aromatic rings. The highest BCUT2D eigenvalue weighted by Crippen LogP contribution is 2.29. The number of nitrogens with one attached hydrogen (secondary N) is 1. The molecule has 0 atom stereocenters. The lowest BCUT2D eigenvalue weighted by Crippen LogP contribution is -2.70. The zero-order valence-electron chi connectivity index (χ0n) is 9.82. The number of carboxylic acids is 1. The molecule has 2 saturated heterocycles. The van der Waals surface area contributed by atoms with Gasteiger partial charge in [0.25, 0.3) is 0 Å². The van der Waals surface area contributed by atoms with Crippen molar-refractivity contribution >= 4 is 11.9 Å². The highest BCUT2D eigenvalue weighted by atomic mass is 16.4. The van der Waals surface area contributed by atoms with Crippen molar-refractivity contribution in [1.29, 1.82) is 0 Å². The number of primary amides is 1. The van der Waals surface area contributed by atoms with Gasteiger partial charge in [0.2, 0.25) is 5.91 Å². The van der Waals surface area contributed by atoms with E-state index in [1.807, 2.05) is 0 Å². The molecule has 0 spiro atoms. The van der Waals surface area contributed by atoms with Gasteiger partial charge in [-0.2, -0.15) is 0 Å². The van der Waals surface area contributed by atoms with Crippen LogP contribution in [-0.4, -0.2) is 53.6 Å². The van der Waals surface area contributed by atoms with E-state index in [-0.39, 0.29) is 23.8 Å². The molecule has 0 saturated carbocycles. The average Bonchev–Trinajstić information content (AvgIpc) is 2.23. The van der Waals surface area contributed by atoms with Gasteiger partial charge in [-0.15, -0.1) is 0 Å². The topological polar surface area (TPSA) is 95.7 Å². The standard InChI is InChI=1S/C11H19N3O3/c12-10(17)8-1-3-14(4-2-8)11(5-9(15)16)6-13-7-11/h8,13H,1-7H2,(H2,12,17)(H,15,16). The second kappa shape index (κ2) is 4.62. The number of nitrogens with two attached hydrogens (primary N) is 1. The van der Waals surface area contributed by atoms with E-state index < -0.39 is 5.97 Å². The third-order valence-electron chi connectivity index (χ3n) is 3.96. The normalized spacial score (nSPS) is 25.2. The van der Waals surface area contributed by atoms with Crippen molar-refractivity contribution in [2.24, 2.45) is 11.7 Å². The first-order chi connectivity index (χ1) is 8.03. The minimum Gasteiger partial charge on any atom is -0.481 e. The Balaban J connectivity index is 1.94. The number of carbonyl (C=O) groups is 2. The van der Waals surface area contributed by atoms with E-state index in [9.17, 15) is 9.59 Å². The SMILES string of the molecule is NC(=O)C1CCN(C2(CC(=O)O)CNC2)CC1. The number of hydrogen-bond acceptors (Lipinski definition) is 4. The third kappa shape index (κ3) is 2.42. The van der Waals surface area contributed by atoms with E-state index in [0.29, 0.717) is 0 Å². The van der Waals surface area contributed by atoms with Gasteiger partial charge in [-0.3, -0.25) is 14.5 Å². The van der Waals surface area contributed by atoms with Crippen LogP contribution in [0.15, 0.2) is 0 Å². The van der Waals surface area contributed by atoms with Crippen LogP contribution >= 0.6 is 0 Å². The van der Waals surface area contributed by atoms with Crippen LogP contribution in [0.4, 0.5) is 0 Å². The lowest BCUT2D eigenvalue weighted by atomic mass is 9.83. The van der Waals surface area contributed by atoms with Crippen LogP contribution in [0.2, 0.25) is 0 Å². The van der Waals surface area contributed by atoms with E-state index in [2.05, 4.69) is 10.2 Å². The first-order valence-electron chi connectivity index (χ1n) is 6.00. The van der Waals surface area contributed by atoms with E-state index in [4.69, 9.17) is 10.8 Å². The number of piperidine rings is 1. The molecule has 2 aliphatic rings. The van der Waals surface area contributed by atoms with Gasteiger partial charge in [0, 0.05) is 19.0 Å². The summed E-state index contributed by atoms with van der Waals surface area (Å²) in [6.45, 7) is 2.98. The van der Waals surface area contributed by atoms with Crippen molar-refractivity contribution in [3.8, 4) is 0 Å². The maximum atomic E-state index is 11.1. The first kappa shape index (κ1) is 12.3. The number of carboxylic acid groups (broad SMARTS) is 1. The molecule has 17 heavy (non-hydrogen) atoms. The van der Waals surface area contributed by atoms with Crippen LogP contribution in [0.1, 0.15) is 19.3 Å². The predicted molar refractivity (Wildman–Crippen MR) is 61.3 cm³/mol. The fourth-order valence-electron chi connectivity index (χ4n) is 2.79. The Morgan fingerprint density at radius 3 is 2.29 bits per heavy atom. The summed E-state index contributed by atoms with van der Waals surface area (Å²) >= 11 is 0. The third-order valence-corrected chi connectivity index (χ3v) is 3.96. The molecular weight excluding hydrogens is 222 g/mol. The maximum absolute atomic E-state index is 11.1. The number of amides is 1. The number of carbonyl (C=O) groups excluding carboxylic acids is 1. The van der Waals surface area contributed by atoms with Crippen LogP contribution < -0.4 is 11.1 Å². The number of likely N-dealkylation sites (tertiary alicyclic amines) is 1. The van der Waals surface area contributed by atoms with Crippen molar-refractivity contribution in [3.63, 3.8) is 0 Å². The second-order valence-electron chi connectivity index (χ2n) is 5.06. The maximum Gasteiger partial charge on any atom is 0.305 e. The molecule has 0 aromatic heterocycles. The molecule has 6 heteroatoms. The quantitative estimate of drug-likeness (QED) is 0.587. The molecule has 0 unspecified atom stereocenters. The smallest absolute Gasteiger partial charge is 0.305 e. The Morgan fingerprint density at radius 1 is 1.35 bits per heavy atom. The van der Waals surface area contributed by atoms with Crippen LogP contribution in [-0.2, 0) is 9.59 Å². The summed E-state index contributed by atoms with van der Waals surface area (Å²) in [4.78, 5) is 24.2. The molecule has 4 N–H and O–H groups in total. The Kier molecular flexibility index (Phi) is 3.35. The van der Waals surface area contributed by atoms with Crippen LogP contribution in [0, 0.1) is 5.92 Å². The zero-order valence-corrected chi connectivity index (χ0v) is 9.82. The summed E-state index contributed by atoms with van der Waals surface area (Å²) < 4.78 is 0. The summed E-state index contributed by atoms with van der Waals surface area (Å²) in [5, 5.41) is 12.1. The van der Waals surface area contributed by atoms with Crippen LogP contribution in [0.5, 0.6) is 0 Å². The van der Waals surface area contributed by atoms with Crippen LogP contribution in [0.3, 0.4) is 0 Å². The predicted octanol–water partition coefficient (Wildman–Crippen LogP) is -1.000. The molecule has 2 fully saturated rings. The Labute approximate surface area is 100 Å². The van der Waals surface area contributed by atoms with Gasteiger partial charge in [0.15, 0.2) is 0 Å². The van der Waals surface area contributed by atoms with Gasteiger partial charge in [-0.05, 0) is 25.9 Å². The first-order valence-corrected chi connectivity index (χ1v) is 6.00. The monoisotopic (exact) mass is 241 g/mol. The minimum atomic E-state index is -0.761. The van der Waals surface area contributed by atoms with Crippen LogP contribution in [0.25, 0.3) is 0 Å². The highest BCUT2D eigenvalue weighted by Gasteiger charge is 2.45. The van der Waals surface area contributed by atoms with Crippen molar-refractivity contribution in [1.82, 2.24) is 10.2 Å². The Bertz CT molecular complexity index is 320. The van der Waals surface area contributed by atoms with E-state index in [1.165, 1.54) is 0 Å². The largest absolute Gasteiger partial charge is 0.481 e. The number of aliphatic carboxylic acids is 1. The van der Waals surface area contributed by atoms with Crippen molar-refractivity contribution in [2.75, 3.05) is 26.2 Å². The lowest BCUT2D eigenvalue weighted by molar-refractivity contribution is -0.143. The van der Waals surface area contributed by atoms with E-state index in [1.54, 1.807) is 0 Å². The van der Waals surface area contributed by atoms with Gasteiger partial charge < -0.3 is 16.2 Å². The molecule has 0 aromatic carbocycles. The fraction of sp³-hybridized carbons (Fsp3) is 0.818. The number of hydrogen-bond donors (Lipinski definition) is 3. The molecular formula is C11H19N3O3. The second-order valence-corrected chi connectivity index (χ2v) is 5.06. The molecule has 0 aliphatic carbocycles. The Hall–Kier alpha value is -1.14. The summed E-state index contributed by atoms with van der Waals surface area (Å²) in [5.74, 6) is -1.03. The molecule has 2 heterocycles. The summed E-state index contributed by atoms with van der Waals surface area (Å²) in [7, 11) is 0. The van der Waals surface area contributed by atoms with Crippen molar-refractivity contribution in [2.45, 2.75) is 24.8 Å². The summed E-state index contributed by atoms with van der Waals surface area (Å²) in [6, 6.07) is 0. The average molecular weight is 241 g/mol. The molecule has 1 amide bonds. The van der Waals surface area contributed by atoms with Gasteiger partial charge >= 0.3 is 5.97 Å².